The van der Waals surface area contributed by atoms with Crippen molar-refractivity contribution in [3.8, 4) is 0 Å². The molecule has 0 amide bonds. The van der Waals surface area contributed by atoms with Gasteiger partial charge in [-0.15, -0.1) is 0 Å². The van der Waals surface area contributed by atoms with Gasteiger partial charge in [0.1, 0.15) is 5.82 Å². The van der Waals surface area contributed by atoms with Crippen LogP contribution in [-0.4, -0.2) is 30.9 Å². The summed E-state index contributed by atoms with van der Waals surface area (Å²) in [6.45, 7) is 0. The van der Waals surface area contributed by atoms with Gasteiger partial charge in [0.2, 0.25) is 0 Å². The van der Waals surface area contributed by atoms with Gasteiger partial charge in [0.05, 0.1) is 19.6 Å². The van der Waals surface area contributed by atoms with E-state index in [4.69, 9.17) is 0 Å². The maximum absolute atomic E-state index is 12.8. The topological polar surface area (TPSA) is 55.4 Å². The minimum atomic E-state index is -0.606. The number of hydrogen-bond acceptors (Lipinski definition) is 4. The van der Waals surface area contributed by atoms with Gasteiger partial charge in [0, 0.05) is 11.6 Å². The smallest absolute Gasteiger partial charge is 0.307 e. The summed E-state index contributed by atoms with van der Waals surface area (Å²) >= 11 is 0. The zero-order valence-electron chi connectivity index (χ0n) is 10.7. The number of Topliss-reactive ketones (excluding diaryl/α,β-unsaturated/α-hetero) is 1. The molecule has 0 spiro atoms. The number of methoxy groups -OCH3 is 1. The number of hydrogen-bond donors (Lipinski definition) is 1. The normalized spacial score (nSPS) is 15.9. The van der Waals surface area contributed by atoms with Crippen molar-refractivity contribution in [1.29, 1.82) is 0 Å². The SMILES string of the molecule is COC(=O)CC(NC1CC1)C(=O)c1ccc(F)cc1. The van der Waals surface area contributed by atoms with Crippen molar-refractivity contribution in [2.75, 3.05) is 7.11 Å². The second kappa shape index (κ2) is 5.93. The zero-order valence-corrected chi connectivity index (χ0v) is 10.7. The number of ketones is 1. The minimum Gasteiger partial charge on any atom is -0.469 e. The Labute approximate surface area is 110 Å². The lowest BCUT2D eigenvalue weighted by Crippen LogP contribution is -2.40. The molecule has 1 aromatic rings. The summed E-state index contributed by atoms with van der Waals surface area (Å²) in [6, 6.07) is 5.01. The van der Waals surface area contributed by atoms with Crippen LogP contribution in [0.2, 0.25) is 0 Å². The summed E-state index contributed by atoms with van der Waals surface area (Å²) in [5.41, 5.74) is 0.392. The van der Waals surface area contributed by atoms with E-state index in [0.29, 0.717) is 11.6 Å². The first-order valence-electron chi connectivity index (χ1n) is 6.23. The highest BCUT2D eigenvalue weighted by molar-refractivity contribution is 6.01. The third kappa shape index (κ3) is 3.86. The Balaban J connectivity index is 2.09. The van der Waals surface area contributed by atoms with Crippen LogP contribution in [0.4, 0.5) is 4.39 Å². The van der Waals surface area contributed by atoms with Gasteiger partial charge in [-0.05, 0) is 37.1 Å². The van der Waals surface area contributed by atoms with Gasteiger partial charge in [0.15, 0.2) is 5.78 Å². The number of ether oxygens (including phenoxy) is 1. The van der Waals surface area contributed by atoms with Gasteiger partial charge in [-0.1, -0.05) is 0 Å². The molecule has 102 valence electrons. The van der Waals surface area contributed by atoms with Crippen LogP contribution >= 0.6 is 0 Å². The Morgan fingerprint density at radius 2 is 2.00 bits per heavy atom. The number of esters is 1. The molecule has 0 aliphatic heterocycles. The highest BCUT2D eigenvalue weighted by Gasteiger charge is 2.30. The monoisotopic (exact) mass is 265 g/mol. The van der Waals surface area contributed by atoms with E-state index in [1.54, 1.807) is 0 Å². The summed E-state index contributed by atoms with van der Waals surface area (Å²) in [5, 5.41) is 3.12. The van der Waals surface area contributed by atoms with E-state index in [1.807, 2.05) is 0 Å². The molecule has 1 N–H and O–H groups in total. The van der Waals surface area contributed by atoms with Gasteiger partial charge >= 0.3 is 5.97 Å². The minimum absolute atomic E-state index is 0.0107. The predicted molar refractivity (Wildman–Crippen MR) is 67.3 cm³/mol. The van der Waals surface area contributed by atoms with Gasteiger partial charge < -0.3 is 10.1 Å². The van der Waals surface area contributed by atoms with Crippen molar-refractivity contribution in [3.05, 3.63) is 35.6 Å². The highest BCUT2D eigenvalue weighted by Crippen LogP contribution is 2.21. The number of halogens is 1. The van der Waals surface area contributed by atoms with E-state index in [1.165, 1.54) is 31.4 Å². The fourth-order valence-corrected chi connectivity index (χ4v) is 1.83. The van der Waals surface area contributed by atoms with Crippen LogP contribution in [0.1, 0.15) is 29.6 Å². The third-order valence-corrected chi connectivity index (χ3v) is 3.06. The number of carbonyl (C=O) groups is 2. The van der Waals surface area contributed by atoms with Gasteiger partial charge in [-0.3, -0.25) is 9.59 Å². The maximum Gasteiger partial charge on any atom is 0.307 e. The van der Waals surface area contributed by atoms with Crippen LogP contribution in [0.5, 0.6) is 0 Å². The van der Waals surface area contributed by atoms with Crippen LogP contribution in [0, 0.1) is 5.82 Å². The Hall–Kier alpha value is -1.75. The molecule has 19 heavy (non-hydrogen) atoms. The summed E-state index contributed by atoms with van der Waals surface area (Å²) in [4.78, 5) is 23.6. The standard InChI is InChI=1S/C14H16FNO3/c1-19-13(17)8-12(16-11-6-7-11)14(18)9-2-4-10(15)5-3-9/h2-5,11-12,16H,6-8H2,1H3. The summed E-state index contributed by atoms with van der Waals surface area (Å²) < 4.78 is 17.4. The summed E-state index contributed by atoms with van der Waals surface area (Å²) in [5.74, 6) is -1.04. The molecule has 1 aliphatic carbocycles. The lowest BCUT2D eigenvalue weighted by Gasteiger charge is -2.16. The molecular weight excluding hydrogens is 249 g/mol. The van der Waals surface area contributed by atoms with Crippen molar-refractivity contribution >= 4 is 11.8 Å². The molecule has 1 aromatic carbocycles. The molecule has 5 heteroatoms. The van der Waals surface area contributed by atoms with Crippen LogP contribution in [0.3, 0.4) is 0 Å². The Morgan fingerprint density at radius 1 is 1.37 bits per heavy atom. The molecule has 0 saturated heterocycles. The molecule has 0 radical (unpaired) electrons. The van der Waals surface area contributed by atoms with Gasteiger partial charge in [0.25, 0.3) is 0 Å². The van der Waals surface area contributed by atoms with Crippen LogP contribution in [0.15, 0.2) is 24.3 Å². The number of nitrogens with one attached hydrogen (secondary N) is 1. The van der Waals surface area contributed by atoms with Crippen molar-refractivity contribution in [2.45, 2.75) is 31.3 Å². The number of benzene rings is 1. The number of carbonyl (C=O) groups excluding carboxylic acids is 2. The molecule has 1 aliphatic rings. The quantitative estimate of drug-likeness (QED) is 0.628. The molecule has 0 aromatic heterocycles. The van der Waals surface area contributed by atoms with E-state index in [0.717, 1.165) is 12.8 Å². The fourth-order valence-electron chi connectivity index (χ4n) is 1.83. The molecule has 4 nitrogen and oxygen atoms in total. The first-order chi connectivity index (χ1) is 9.10. The second-order valence-electron chi connectivity index (χ2n) is 4.64. The molecule has 1 fully saturated rings. The lowest BCUT2D eigenvalue weighted by atomic mass is 10.0. The largest absolute Gasteiger partial charge is 0.469 e. The average molecular weight is 265 g/mol. The molecule has 1 saturated carbocycles. The van der Waals surface area contributed by atoms with E-state index >= 15 is 0 Å². The zero-order chi connectivity index (χ0) is 13.8. The van der Waals surface area contributed by atoms with Gasteiger partial charge in [-0.25, -0.2) is 4.39 Å². The van der Waals surface area contributed by atoms with Crippen molar-refractivity contribution < 1.29 is 18.7 Å². The Kier molecular flexibility index (Phi) is 4.27. The molecular formula is C14H16FNO3. The van der Waals surface area contributed by atoms with E-state index < -0.39 is 17.8 Å². The van der Waals surface area contributed by atoms with Crippen molar-refractivity contribution in [1.82, 2.24) is 5.32 Å². The average Bonchev–Trinajstić information content (AvgIpc) is 3.22. The van der Waals surface area contributed by atoms with E-state index in [2.05, 4.69) is 10.1 Å². The molecule has 0 bridgehead atoms. The fraction of sp³-hybridized carbons (Fsp3) is 0.429. The summed E-state index contributed by atoms with van der Waals surface area (Å²) in [7, 11) is 1.29. The van der Waals surface area contributed by atoms with Crippen molar-refractivity contribution in [3.63, 3.8) is 0 Å². The Morgan fingerprint density at radius 3 is 2.53 bits per heavy atom. The van der Waals surface area contributed by atoms with Crippen LogP contribution in [0.25, 0.3) is 0 Å². The van der Waals surface area contributed by atoms with Crippen LogP contribution < -0.4 is 5.32 Å². The number of rotatable bonds is 6. The van der Waals surface area contributed by atoms with E-state index in [-0.39, 0.29) is 12.2 Å². The molecule has 0 heterocycles. The van der Waals surface area contributed by atoms with Crippen molar-refractivity contribution in [2.24, 2.45) is 0 Å². The summed E-state index contributed by atoms with van der Waals surface area (Å²) in [6.07, 6.45) is 2.01. The van der Waals surface area contributed by atoms with Gasteiger partial charge in [-0.2, -0.15) is 0 Å². The lowest BCUT2D eigenvalue weighted by molar-refractivity contribution is -0.140. The van der Waals surface area contributed by atoms with Crippen LogP contribution in [-0.2, 0) is 9.53 Å². The Bertz CT molecular complexity index is 468. The first-order valence-corrected chi connectivity index (χ1v) is 6.23. The first kappa shape index (κ1) is 13.7. The molecule has 1 unspecified atom stereocenters. The second-order valence-corrected chi connectivity index (χ2v) is 4.64. The molecule has 2 rings (SSSR count). The highest BCUT2D eigenvalue weighted by atomic mass is 19.1. The third-order valence-electron chi connectivity index (χ3n) is 3.06. The maximum atomic E-state index is 12.8. The van der Waals surface area contributed by atoms with E-state index in [9.17, 15) is 14.0 Å². The predicted octanol–water partition coefficient (Wildman–Crippen LogP) is 1.69. The molecule has 1 atom stereocenters.